The average Bonchev–Trinajstić information content (AvgIpc) is 3.44. The molecule has 8 heteroatoms. The van der Waals surface area contributed by atoms with Gasteiger partial charge in [0.15, 0.2) is 5.11 Å². The number of nitrogens with zero attached hydrogens (tertiary/aromatic N) is 2. The minimum absolute atomic E-state index is 0.213. The van der Waals surface area contributed by atoms with Gasteiger partial charge in [0.2, 0.25) is 0 Å². The van der Waals surface area contributed by atoms with Gasteiger partial charge in [-0.05, 0) is 79.3 Å². The number of nitrogens with one attached hydrogen (secondary N) is 1. The van der Waals surface area contributed by atoms with Gasteiger partial charge in [-0.15, -0.1) is 0 Å². The van der Waals surface area contributed by atoms with Crippen molar-refractivity contribution in [3.63, 3.8) is 0 Å². The van der Waals surface area contributed by atoms with Gasteiger partial charge in [-0.3, -0.25) is 4.98 Å². The van der Waals surface area contributed by atoms with E-state index in [1.165, 1.54) is 5.56 Å². The molecule has 1 fully saturated rings. The van der Waals surface area contributed by atoms with E-state index < -0.39 is 0 Å². The first-order chi connectivity index (χ1) is 16.5. The summed E-state index contributed by atoms with van der Waals surface area (Å²) in [5.41, 5.74) is 3.86. The van der Waals surface area contributed by atoms with E-state index in [4.69, 9.17) is 33.0 Å². The molecule has 2 atom stereocenters. The van der Waals surface area contributed by atoms with Gasteiger partial charge in [0.05, 0.1) is 23.9 Å². The normalized spacial score (nSPS) is 17.6. The predicted octanol–water partition coefficient (Wildman–Crippen LogP) is 7.25. The van der Waals surface area contributed by atoms with Crippen LogP contribution < -0.4 is 15.0 Å². The van der Waals surface area contributed by atoms with E-state index in [0.717, 1.165) is 32.9 Å². The number of aromatic nitrogens is 1. The summed E-state index contributed by atoms with van der Waals surface area (Å²) in [7, 11) is 1.59. The molecule has 0 aliphatic carbocycles. The molecule has 0 saturated carbocycles. The predicted molar refractivity (Wildman–Crippen MR) is 143 cm³/mol. The first kappa shape index (κ1) is 22.9. The number of thiocarbonyl (C=S) groups is 1. The minimum atomic E-state index is -0.273. The number of methoxy groups -OCH3 is 1. The number of furan rings is 1. The van der Waals surface area contributed by atoms with Crippen molar-refractivity contribution in [1.82, 2.24) is 10.3 Å². The lowest BCUT2D eigenvalue weighted by molar-refractivity contribution is 0.415. The Labute approximate surface area is 216 Å². The lowest BCUT2D eigenvalue weighted by Crippen LogP contribution is -2.29. The lowest BCUT2D eigenvalue weighted by atomic mass is 10.0. The Bertz CT molecular complexity index is 1360. The third kappa shape index (κ3) is 4.19. The monoisotopic (exact) mass is 553 g/mol. The topological polar surface area (TPSA) is 50.5 Å². The first-order valence-electron chi connectivity index (χ1n) is 10.7. The second-order valence-electron chi connectivity index (χ2n) is 8.00. The van der Waals surface area contributed by atoms with Gasteiger partial charge in [-0.25, -0.2) is 0 Å². The summed E-state index contributed by atoms with van der Waals surface area (Å²) in [6.07, 6.45) is 1.78. The van der Waals surface area contributed by atoms with Crippen molar-refractivity contribution >= 4 is 50.5 Å². The molecule has 2 aromatic carbocycles. The van der Waals surface area contributed by atoms with E-state index in [2.05, 4.69) is 51.4 Å². The number of benzene rings is 2. The van der Waals surface area contributed by atoms with Crippen molar-refractivity contribution < 1.29 is 9.15 Å². The fourth-order valence-corrected chi connectivity index (χ4v) is 5.49. The average molecular weight is 555 g/mol. The van der Waals surface area contributed by atoms with E-state index >= 15 is 0 Å². The maximum Gasteiger partial charge on any atom is 0.174 e. The van der Waals surface area contributed by atoms with Crippen LogP contribution in [0.5, 0.6) is 5.75 Å². The highest BCUT2D eigenvalue weighted by atomic mass is 79.9. The molecule has 2 aromatic heterocycles. The highest BCUT2D eigenvalue weighted by Crippen LogP contribution is 2.44. The molecule has 5 nitrogen and oxygen atoms in total. The highest BCUT2D eigenvalue weighted by Gasteiger charge is 2.42. The van der Waals surface area contributed by atoms with Crippen LogP contribution in [0.4, 0.5) is 5.69 Å². The van der Waals surface area contributed by atoms with Gasteiger partial charge in [0.25, 0.3) is 0 Å². The van der Waals surface area contributed by atoms with E-state index in [9.17, 15) is 0 Å². The zero-order valence-electron chi connectivity index (χ0n) is 18.5. The molecule has 0 amide bonds. The van der Waals surface area contributed by atoms with Crippen LogP contribution in [-0.4, -0.2) is 17.2 Å². The van der Waals surface area contributed by atoms with E-state index in [1.807, 2.05) is 53.4 Å². The molecular weight excluding hydrogens is 534 g/mol. The number of pyridine rings is 1. The van der Waals surface area contributed by atoms with Gasteiger partial charge in [0.1, 0.15) is 23.3 Å². The molecule has 3 heterocycles. The van der Waals surface area contributed by atoms with Crippen molar-refractivity contribution in [1.29, 1.82) is 0 Å². The van der Waals surface area contributed by atoms with Crippen molar-refractivity contribution in [3.05, 3.63) is 99.4 Å². The van der Waals surface area contributed by atoms with Crippen LogP contribution >= 0.6 is 39.7 Å². The summed E-state index contributed by atoms with van der Waals surface area (Å²) in [4.78, 5) is 6.61. The second kappa shape index (κ2) is 9.41. The minimum Gasteiger partial charge on any atom is -0.495 e. The quantitative estimate of drug-likeness (QED) is 0.262. The smallest absolute Gasteiger partial charge is 0.174 e. The Morgan fingerprint density at radius 2 is 1.97 bits per heavy atom. The summed E-state index contributed by atoms with van der Waals surface area (Å²) in [6.45, 7) is 2.06. The number of ether oxygens (including phenoxy) is 1. The summed E-state index contributed by atoms with van der Waals surface area (Å²) in [5, 5.41) is 4.51. The Balaban J connectivity index is 1.61. The summed E-state index contributed by atoms with van der Waals surface area (Å²) < 4.78 is 12.8. The largest absolute Gasteiger partial charge is 0.495 e. The summed E-state index contributed by atoms with van der Waals surface area (Å²) in [5.74, 6) is 2.13. The molecule has 4 aromatic rings. The molecule has 0 spiro atoms. The molecule has 1 N–H and O–H groups in total. The fourth-order valence-electron chi connectivity index (χ4n) is 4.20. The number of hydrogen-bond acceptors (Lipinski definition) is 4. The van der Waals surface area contributed by atoms with Crippen LogP contribution in [0.2, 0.25) is 5.02 Å². The fraction of sp³-hybridized carbons (Fsp3) is 0.154. The third-order valence-corrected chi connectivity index (χ3v) is 7.09. The summed E-state index contributed by atoms with van der Waals surface area (Å²) in [6, 6.07) is 21.2. The molecule has 0 radical (unpaired) electrons. The standard InChI is InChI=1S/C26H21BrClN3O2S/c1-15-6-8-17(18(27)13-15)21-10-11-23(33-21)25-24(20-5-3-4-12-29-20)30-26(34)31(25)16-7-9-22(32-2)19(28)14-16/h3-14,24-25H,1-2H3,(H,30,34)/t24-,25-/m0/s1. The Morgan fingerprint density at radius 3 is 2.68 bits per heavy atom. The molecule has 0 unspecified atom stereocenters. The molecular formula is C26H21BrClN3O2S. The van der Waals surface area contributed by atoms with Gasteiger partial charge in [-0.2, -0.15) is 0 Å². The van der Waals surface area contributed by atoms with E-state index in [0.29, 0.717) is 15.9 Å². The van der Waals surface area contributed by atoms with Crippen molar-refractivity contribution in [2.45, 2.75) is 19.0 Å². The number of anilines is 1. The molecule has 172 valence electrons. The van der Waals surface area contributed by atoms with Crippen LogP contribution in [0.3, 0.4) is 0 Å². The van der Waals surface area contributed by atoms with Crippen LogP contribution in [0.1, 0.15) is 29.1 Å². The second-order valence-corrected chi connectivity index (χ2v) is 9.65. The summed E-state index contributed by atoms with van der Waals surface area (Å²) >= 11 is 15.9. The maximum atomic E-state index is 6.46. The van der Waals surface area contributed by atoms with Gasteiger partial charge in [-0.1, -0.05) is 39.7 Å². The van der Waals surface area contributed by atoms with Gasteiger partial charge >= 0.3 is 0 Å². The number of hydrogen-bond donors (Lipinski definition) is 1. The van der Waals surface area contributed by atoms with Crippen molar-refractivity contribution in [3.8, 4) is 17.1 Å². The maximum absolute atomic E-state index is 6.46. The molecule has 34 heavy (non-hydrogen) atoms. The van der Waals surface area contributed by atoms with Crippen molar-refractivity contribution in [2.75, 3.05) is 12.0 Å². The zero-order chi connectivity index (χ0) is 23.8. The molecule has 1 aliphatic rings. The van der Waals surface area contributed by atoms with E-state index in [1.54, 1.807) is 13.3 Å². The Hall–Kier alpha value is -2.87. The van der Waals surface area contributed by atoms with Crippen molar-refractivity contribution in [2.24, 2.45) is 0 Å². The number of aryl methyl sites for hydroxylation is 1. The molecule has 5 rings (SSSR count). The highest BCUT2D eigenvalue weighted by molar-refractivity contribution is 9.10. The Morgan fingerprint density at radius 1 is 1.12 bits per heavy atom. The van der Waals surface area contributed by atoms with Gasteiger partial charge in [0, 0.05) is 21.9 Å². The Kier molecular flexibility index (Phi) is 6.34. The van der Waals surface area contributed by atoms with Crippen LogP contribution in [0.15, 0.2) is 81.8 Å². The van der Waals surface area contributed by atoms with Gasteiger partial charge < -0.3 is 19.4 Å². The number of halogens is 2. The van der Waals surface area contributed by atoms with Crippen LogP contribution in [0, 0.1) is 6.92 Å². The molecule has 1 aliphatic heterocycles. The SMILES string of the molecule is COc1ccc(N2C(=S)N[C@@H](c3ccccn3)[C@@H]2c2ccc(-c3ccc(C)cc3Br)o2)cc1Cl. The zero-order valence-corrected chi connectivity index (χ0v) is 21.6. The third-order valence-electron chi connectivity index (χ3n) is 5.82. The molecule has 1 saturated heterocycles. The van der Waals surface area contributed by atoms with Crippen LogP contribution in [0.25, 0.3) is 11.3 Å². The first-order valence-corrected chi connectivity index (χ1v) is 12.2. The van der Waals surface area contributed by atoms with E-state index in [-0.39, 0.29) is 12.1 Å². The lowest BCUT2D eigenvalue weighted by Gasteiger charge is -2.26. The van der Waals surface area contributed by atoms with Crippen LogP contribution in [-0.2, 0) is 0 Å². The number of rotatable bonds is 5. The molecule has 0 bridgehead atoms.